The number of carbonyl (C=O) groups excluding carboxylic acids is 1. The second kappa shape index (κ2) is 7.26. The van der Waals surface area contributed by atoms with E-state index in [2.05, 4.69) is 0 Å². The molecule has 0 fully saturated rings. The fraction of sp³-hybridized carbons (Fsp3) is 0.0588. The highest BCUT2D eigenvalue weighted by atomic mass is 16.6. The summed E-state index contributed by atoms with van der Waals surface area (Å²) in [6.45, 7) is 0. The van der Waals surface area contributed by atoms with Crippen LogP contribution < -0.4 is 9.47 Å². The van der Waals surface area contributed by atoms with E-state index in [1.54, 1.807) is 0 Å². The van der Waals surface area contributed by atoms with Gasteiger partial charge in [0.2, 0.25) is 0 Å². The van der Waals surface area contributed by atoms with Crippen molar-refractivity contribution in [3.8, 4) is 28.7 Å². The van der Waals surface area contributed by atoms with Crippen LogP contribution in [0, 0.1) is 0 Å². The first-order chi connectivity index (χ1) is 11.8. The minimum absolute atomic E-state index is 0.0482. The molecule has 0 aliphatic rings. The summed E-state index contributed by atoms with van der Waals surface area (Å²) in [5.41, 5.74) is 0.323. The molecular weight excluding hydrogens is 332 g/mol. The Bertz CT molecular complexity index is 831. The lowest BCUT2D eigenvalue weighted by molar-refractivity contribution is -0.131. The van der Waals surface area contributed by atoms with Gasteiger partial charge in [0.05, 0.1) is 12.7 Å². The summed E-state index contributed by atoms with van der Waals surface area (Å²) in [4.78, 5) is 22.7. The first kappa shape index (κ1) is 17.7. The molecule has 0 aliphatic heterocycles. The van der Waals surface area contributed by atoms with Crippen molar-refractivity contribution in [2.24, 2.45) is 0 Å². The van der Waals surface area contributed by atoms with E-state index in [4.69, 9.17) is 14.6 Å². The largest absolute Gasteiger partial charge is 0.504 e. The number of carboxylic acid groups (broad SMARTS) is 1. The van der Waals surface area contributed by atoms with E-state index in [1.165, 1.54) is 31.4 Å². The van der Waals surface area contributed by atoms with Gasteiger partial charge in [-0.2, -0.15) is 0 Å². The zero-order valence-electron chi connectivity index (χ0n) is 13.0. The van der Waals surface area contributed by atoms with Crippen LogP contribution in [0.3, 0.4) is 0 Å². The third-order valence-electron chi connectivity index (χ3n) is 3.11. The fourth-order valence-electron chi connectivity index (χ4n) is 1.92. The molecule has 8 heteroatoms. The molecule has 0 radical (unpaired) electrons. The van der Waals surface area contributed by atoms with E-state index in [-0.39, 0.29) is 17.1 Å². The maximum atomic E-state index is 12.1. The summed E-state index contributed by atoms with van der Waals surface area (Å²) >= 11 is 0. The van der Waals surface area contributed by atoms with Crippen LogP contribution in [-0.4, -0.2) is 39.5 Å². The Morgan fingerprint density at radius 3 is 2.20 bits per heavy atom. The van der Waals surface area contributed by atoms with Crippen LogP contribution in [0.4, 0.5) is 0 Å². The zero-order chi connectivity index (χ0) is 18.6. The number of carboxylic acids is 1. The molecule has 0 atom stereocenters. The Balaban J connectivity index is 2.27. The Morgan fingerprint density at radius 2 is 1.64 bits per heavy atom. The quantitative estimate of drug-likeness (QED) is 0.280. The van der Waals surface area contributed by atoms with E-state index in [0.717, 1.165) is 18.2 Å². The van der Waals surface area contributed by atoms with Gasteiger partial charge in [0.25, 0.3) is 0 Å². The van der Waals surface area contributed by atoms with Gasteiger partial charge >= 0.3 is 11.9 Å². The molecule has 25 heavy (non-hydrogen) atoms. The third kappa shape index (κ3) is 4.20. The number of phenolic OH excluding ortho intramolecular Hbond substituents is 3. The molecule has 0 saturated carbocycles. The summed E-state index contributed by atoms with van der Waals surface area (Å²) in [7, 11) is 1.34. The van der Waals surface area contributed by atoms with Crippen molar-refractivity contribution in [1.82, 2.24) is 0 Å². The molecule has 2 aromatic rings. The topological polar surface area (TPSA) is 134 Å². The molecule has 8 nitrogen and oxygen atoms in total. The molecule has 0 aliphatic carbocycles. The minimum atomic E-state index is -1.11. The van der Waals surface area contributed by atoms with Crippen LogP contribution in [0.15, 0.2) is 36.4 Å². The van der Waals surface area contributed by atoms with Crippen LogP contribution in [0.2, 0.25) is 0 Å². The summed E-state index contributed by atoms with van der Waals surface area (Å²) < 4.78 is 10.2. The highest BCUT2D eigenvalue weighted by Crippen LogP contribution is 2.36. The predicted molar refractivity (Wildman–Crippen MR) is 86.1 cm³/mol. The summed E-state index contributed by atoms with van der Waals surface area (Å²) in [6.07, 6.45) is 2.29. The molecular formula is C17H14O8. The number of esters is 1. The second-order valence-electron chi connectivity index (χ2n) is 4.83. The van der Waals surface area contributed by atoms with Crippen molar-refractivity contribution >= 4 is 18.0 Å². The van der Waals surface area contributed by atoms with E-state index in [0.29, 0.717) is 5.56 Å². The number of aliphatic carboxylic acids is 1. The van der Waals surface area contributed by atoms with Crippen molar-refractivity contribution in [1.29, 1.82) is 0 Å². The van der Waals surface area contributed by atoms with Gasteiger partial charge in [-0.3, -0.25) is 0 Å². The van der Waals surface area contributed by atoms with Crippen LogP contribution in [-0.2, 0) is 4.79 Å². The number of carbonyl (C=O) groups is 2. The first-order valence-corrected chi connectivity index (χ1v) is 6.88. The van der Waals surface area contributed by atoms with E-state index in [9.17, 15) is 24.9 Å². The summed E-state index contributed by atoms with van der Waals surface area (Å²) in [5, 5.41) is 36.8. The van der Waals surface area contributed by atoms with E-state index in [1.807, 2.05) is 0 Å². The number of aromatic hydroxyl groups is 3. The second-order valence-corrected chi connectivity index (χ2v) is 4.83. The van der Waals surface area contributed by atoms with Gasteiger partial charge in [-0.1, -0.05) is 6.07 Å². The van der Waals surface area contributed by atoms with Crippen LogP contribution in [0.1, 0.15) is 15.9 Å². The number of benzene rings is 2. The molecule has 0 aromatic heterocycles. The Morgan fingerprint density at radius 1 is 1.00 bits per heavy atom. The number of methoxy groups -OCH3 is 1. The first-order valence-electron chi connectivity index (χ1n) is 6.88. The Hall–Kier alpha value is -3.68. The molecule has 130 valence electrons. The minimum Gasteiger partial charge on any atom is -0.504 e. The highest BCUT2D eigenvalue weighted by molar-refractivity contribution is 5.93. The van der Waals surface area contributed by atoms with Crippen molar-refractivity contribution in [3.05, 3.63) is 47.5 Å². The lowest BCUT2D eigenvalue weighted by atomic mass is 10.1. The monoisotopic (exact) mass is 346 g/mol. The Labute approximate surface area is 141 Å². The molecule has 0 unspecified atom stereocenters. The lowest BCUT2D eigenvalue weighted by Crippen LogP contribution is -2.09. The molecule has 0 amide bonds. The molecule has 0 bridgehead atoms. The smallest absolute Gasteiger partial charge is 0.343 e. The van der Waals surface area contributed by atoms with Gasteiger partial charge in [-0.15, -0.1) is 0 Å². The molecule has 0 heterocycles. The van der Waals surface area contributed by atoms with Gasteiger partial charge in [0.1, 0.15) is 0 Å². The Kier molecular flexibility index (Phi) is 5.13. The maximum Gasteiger partial charge on any atom is 0.343 e. The van der Waals surface area contributed by atoms with Crippen molar-refractivity contribution in [3.63, 3.8) is 0 Å². The number of phenols is 3. The van der Waals surface area contributed by atoms with E-state index < -0.39 is 29.2 Å². The molecule has 2 rings (SSSR count). The fourth-order valence-corrected chi connectivity index (χ4v) is 1.92. The predicted octanol–water partition coefficient (Wildman–Crippen LogP) is 2.13. The van der Waals surface area contributed by atoms with Gasteiger partial charge < -0.3 is 29.9 Å². The third-order valence-corrected chi connectivity index (χ3v) is 3.11. The average Bonchev–Trinajstić information content (AvgIpc) is 2.58. The number of hydrogen-bond acceptors (Lipinski definition) is 7. The molecule has 0 saturated heterocycles. The van der Waals surface area contributed by atoms with Gasteiger partial charge in [-0.25, -0.2) is 9.59 Å². The number of ether oxygens (including phenoxy) is 2. The van der Waals surface area contributed by atoms with Gasteiger partial charge in [0.15, 0.2) is 28.7 Å². The SMILES string of the molecule is COc1cc(C=CC(=O)O)ccc1OC(=O)c1cc(O)c(O)c(O)c1. The highest BCUT2D eigenvalue weighted by Gasteiger charge is 2.17. The molecule has 0 spiro atoms. The summed E-state index contributed by atoms with van der Waals surface area (Å²) in [5.74, 6) is -3.89. The summed E-state index contributed by atoms with van der Waals surface area (Å²) in [6, 6.07) is 6.25. The van der Waals surface area contributed by atoms with Crippen LogP contribution >= 0.6 is 0 Å². The normalized spacial score (nSPS) is 10.6. The van der Waals surface area contributed by atoms with Crippen molar-refractivity contribution < 1.29 is 39.5 Å². The standard InChI is InChI=1S/C17H14O8/c1-24-14-6-9(3-5-15(20)21)2-4-13(14)25-17(23)10-7-11(18)16(22)12(19)8-10/h2-8,18-19,22H,1H3,(H,20,21). The maximum absolute atomic E-state index is 12.1. The molecule has 4 N–H and O–H groups in total. The lowest BCUT2D eigenvalue weighted by Gasteiger charge is -2.10. The van der Waals surface area contributed by atoms with Crippen LogP contribution in [0.25, 0.3) is 6.08 Å². The van der Waals surface area contributed by atoms with Crippen molar-refractivity contribution in [2.75, 3.05) is 7.11 Å². The number of hydrogen-bond donors (Lipinski definition) is 4. The van der Waals surface area contributed by atoms with Crippen molar-refractivity contribution in [2.45, 2.75) is 0 Å². The number of rotatable bonds is 5. The molecule has 2 aromatic carbocycles. The van der Waals surface area contributed by atoms with E-state index >= 15 is 0 Å². The average molecular weight is 346 g/mol. The van der Waals surface area contributed by atoms with Gasteiger partial charge in [0, 0.05) is 6.08 Å². The van der Waals surface area contributed by atoms with Gasteiger partial charge in [-0.05, 0) is 35.9 Å². The van der Waals surface area contributed by atoms with Crippen LogP contribution in [0.5, 0.6) is 28.7 Å². The zero-order valence-corrected chi connectivity index (χ0v) is 13.0.